The number of rotatable bonds is 9. The van der Waals surface area contributed by atoms with Gasteiger partial charge in [-0.15, -0.1) is 0 Å². The smallest absolute Gasteiger partial charge is 0.392 e. The van der Waals surface area contributed by atoms with Gasteiger partial charge < -0.3 is 14.2 Å². The number of nitrogens with zero attached hydrogens (tertiary/aromatic N) is 5. The van der Waals surface area contributed by atoms with Crippen LogP contribution in [0.25, 0.3) is 0 Å². The molecule has 32 heavy (non-hydrogen) atoms. The largest absolute Gasteiger partial charge is 0.463 e. The third-order valence-corrected chi connectivity index (χ3v) is 4.29. The zero-order valence-electron chi connectivity index (χ0n) is 16.4. The number of esters is 1. The van der Waals surface area contributed by atoms with Crippen molar-refractivity contribution in [2.75, 3.05) is 19.5 Å². The summed E-state index contributed by atoms with van der Waals surface area (Å²) in [6.07, 6.45) is 0.708. The fourth-order valence-electron chi connectivity index (χ4n) is 2.15. The third-order valence-electron chi connectivity index (χ3n) is 3.45. The lowest BCUT2D eigenvalue weighted by molar-refractivity contribution is -0.387. The van der Waals surface area contributed by atoms with Crippen LogP contribution >= 0.6 is 0 Å². The number of carbonyl (C=O) groups excluding carboxylic acids is 1. The second-order valence-electron chi connectivity index (χ2n) is 5.74. The number of nitro groups is 2. The van der Waals surface area contributed by atoms with Crippen LogP contribution in [0.3, 0.4) is 0 Å². The molecule has 0 unspecified atom stereocenters. The van der Waals surface area contributed by atoms with E-state index in [0.717, 1.165) is 18.2 Å². The Kier molecular flexibility index (Phi) is 7.17. The van der Waals surface area contributed by atoms with Gasteiger partial charge in [0.1, 0.15) is 17.4 Å². The molecule has 1 aromatic carbocycles. The van der Waals surface area contributed by atoms with Crippen molar-refractivity contribution in [2.24, 2.45) is 0 Å². The number of ether oxygens (including phenoxy) is 3. The highest BCUT2D eigenvalue weighted by molar-refractivity contribution is 7.90. The van der Waals surface area contributed by atoms with Gasteiger partial charge in [0.25, 0.3) is 10.8 Å². The first kappa shape index (κ1) is 23.9. The maximum absolute atomic E-state index is 11.9. The van der Waals surface area contributed by atoms with Crippen LogP contribution < -0.4 is 9.47 Å². The average molecular weight is 467 g/mol. The second kappa shape index (κ2) is 9.61. The van der Waals surface area contributed by atoms with Crippen LogP contribution in [0.5, 0.6) is 17.5 Å². The molecule has 2 rings (SSSR count). The van der Waals surface area contributed by atoms with Gasteiger partial charge in [-0.1, -0.05) is 0 Å². The van der Waals surface area contributed by atoms with Gasteiger partial charge in [0, 0.05) is 6.26 Å². The number of hydrogen-bond acceptors (Lipinski definition) is 13. The summed E-state index contributed by atoms with van der Waals surface area (Å²) in [5, 5.41) is 30.7. The van der Waals surface area contributed by atoms with Crippen molar-refractivity contribution < 1.29 is 37.3 Å². The lowest BCUT2D eigenvalue weighted by Crippen LogP contribution is -2.17. The molecule has 0 spiro atoms. The topological polar surface area (TPSA) is 215 Å². The number of sulfone groups is 1. The minimum absolute atomic E-state index is 0.00547. The molecule has 2 aromatic rings. The minimum Gasteiger partial charge on any atom is -0.463 e. The zero-order valence-corrected chi connectivity index (χ0v) is 17.2. The van der Waals surface area contributed by atoms with Gasteiger partial charge in [-0.3, -0.25) is 20.2 Å². The molecule has 15 nitrogen and oxygen atoms in total. The van der Waals surface area contributed by atoms with Gasteiger partial charge in [-0.25, -0.2) is 13.2 Å². The summed E-state index contributed by atoms with van der Waals surface area (Å²) in [4.78, 5) is 39.3. The van der Waals surface area contributed by atoms with Crippen LogP contribution in [-0.2, 0) is 19.4 Å². The Balaban J connectivity index is 2.62. The summed E-state index contributed by atoms with van der Waals surface area (Å²) in [7, 11) is -4.14. The van der Waals surface area contributed by atoms with E-state index in [4.69, 9.17) is 14.7 Å². The van der Waals surface area contributed by atoms with Gasteiger partial charge >= 0.3 is 23.4 Å². The summed E-state index contributed by atoms with van der Waals surface area (Å²) in [6.45, 7) is 0.667. The highest BCUT2D eigenvalue weighted by Gasteiger charge is 2.32. The van der Waals surface area contributed by atoms with Crippen LogP contribution in [-0.4, -0.2) is 53.7 Å². The number of nitriles is 1. The Morgan fingerprint density at radius 1 is 1.19 bits per heavy atom. The molecule has 0 aliphatic rings. The minimum atomic E-state index is -4.14. The van der Waals surface area contributed by atoms with Crippen molar-refractivity contribution in [3.63, 3.8) is 0 Å². The highest BCUT2D eigenvalue weighted by Crippen LogP contribution is 2.38. The molecule has 0 aliphatic heterocycles. The normalized spacial score (nSPS) is 10.7. The van der Waals surface area contributed by atoms with Gasteiger partial charge in [-0.05, 0) is 19.1 Å². The molecule has 0 atom stereocenters. The maximum Gasteiger partial charge on any atom is 0.392 e. The number of hydrogen-bond donors (Lipinski definition) is 0. The van der Waals surface area contributed by atoms with Crippen molar-refractivity contribution >= 4 is 27.2 Å². The lowest BCUT2D eigenvalue weighted by Gasteiger charge is -2.10. The molecule has 0 aliphatic carbocycles. The molecule has 0 saturated heterocycles. The Hall–Kier alpha value is -4.39. The Labute approximate surface area is 179 Å². The average Bonchev–Trinajstić information content (AvgIpc) is 2.71. The molecule has 0 N–H and O–H groups in total. The molecule has 1 heterocycles. The summed E-state index contributed by atoms with van der Waals surface area (Å²) in [5.74, 6) is -3.11. The monoisotopic (exact) mass is 467 g/mol. The fraction of sp³-hybridized carbons (Fsp3) is 0.250. The third kappa shape index (κ3) is 5.60. The predicted molar refractivity (Wildman–Crippen MR) is 102 cm³/mol. The van der Waals surface area contributed by atoms with E-state index in [1.165, 1.54) is 6.92 Å². The molecule has 1 aromatic heterocycles. The van der Waals surface area contributed by atoms with Crippen molar-refractivity contribution in [3.05, 3.63) is 44.0 Å². The van der Waals surface area contributed by atoms with Crippen LogP contribution in [0.1, 0.15) is 12.5 Å². The van der Waals surface area contributed by atoms with Gasteiger partial charge in [0.2, 0.25) is 9.84 Å². The maximum atomic E-state index is 11.9. The number of nitro benzene ring substituents is 1. The molecule has 0 bridgehead atoms. The zero-order chi connectivity index (χ0) is 24.1. The number of carbonyl (C=O) groups is 1. The second-order valence-corrected chi connectivity index (χ2v) is 7.65. The summed E-state index contributed by atoms with van der Waals surface area (Å²) in [5.41, 5.74) is -2.02. The van der Waals surface area contributed by atoms with E-state index in [9.17, 15) is 33.4 Å². The van der Waals surface area contributed by atoms with E-state index >= 15 is 0 Å². The highest BCUT2D eigenvalue weighted by atomic mass is 32.2. The first-order chi connectivity index (χ1) is 15.0. The first-order valence-corrected chi connectivity index (χ1v) is 10.3. The summed E-state index contributed by atoms with van der Waals surface area (Å²) < 4.78 is 38.6. The van der Waals surface area contributed by atoms with Crippen molar-refractivity contribution in [3.8, 4) is 23.6 Å². The number of benzene rings is 1. The number of aromatic nitrogens is 2. The predicted octanol–water partition coefficient (Wildman–Crippen LogP) is 1.30. The molecular weight excluding hydrogens is 454 g/mol. The van der Waals surface area contributed by atoms with Crippen LogP contribution in [0.2, 0.25) is 0 Å². The van der Waals surface area contributed by atoms with E-state index < -0.39 is 60.6 Å². The molecular formula is C16H13N5O10S. The van der Waals surface area contributed by atoms with Crippen molar-refractivity contribution in [2.45, 2.75) is 12.1 Å². The Morgan fingerprint density at radius 3 is 2.38 bits per heavy atom. The fourth-order valence-corrected chi connectivity index (χ4v) is 2.65. The molecule has 0 amide bonds. The van der Waals surface area contributed by atoms with Gasteiger partial charge in [0.15, 0.2) is 6.61 Å². The molecule has 0 radical (unpaired) electrons. The van der Waals surface area contributed by atoms with E-state index in [-0.39, 0.29) is 17.9 Å². The van der Waals surface area contributed by atoms with Crippen LogP contribution in [0.15, 0.2) is 23.4 Å². The van der Waals surface area contributed by atoms with E-state index in [2.05, 4.69) is 14.7 Å². The standard InChI is InChI=1S/C16H13N5O10S/c1-3-29-12(22)8-30-14-13(21(25)26)15(19-16(18-14)32(2,27)28)31-10-5-4-9(7-17)11(6-10)20(23)24/h4-6H,3,8H2,1-2H3. The summed E-state index contributed by atoms with van der Waals surface area (Å²) >= 11 is 0. The first-order valence-electron chi connectivity index (χ1n) is 8.39. The van der Waals surface area contributed by atoms with Crippen LogP contribution in [0, 0.1) is 31.6 Å². The van der Waals surface area contributed by atoms with Crippen molar-refractivity contribution in [1.29, 1.82) is 5.26 Å². The van der Waals surface area contributed by atoms with Crippen molar-refractivity contribution in [1.82, 2.24) is 9.97 Å². The molecule has 168 valence electrons. The van der Waals surface area contributed by atoms with E-state index in [1.807, 2.05) is 0 Å². The SMILES string of the molecule is CCOC(=O)COc1nc(S(C)(=O)=O)nc(Oc2ccc(C#N)c([N+](=O)[O-])c2)c1[N+](=O)[O-]. The Bertz CT molecular complexity index is 1240. The quantitative estimate of drug-likeness (QED) is 0.220. The molecule has 0 fully saturated rings. The molecule has 16 heteroatoms. The summed E-state index contributed by atoms with van der Waals surface area (Å²) in [6, 6.07) is 4.50. The van der Waals surface area contributed by atoms with E-state index in [1.54, 1.807) is 6.07 Å². The van der Waals surface area contributed by atoms with Gasteiger partial charge in [0.05, 0.1) is 22.5 Å². The lowest BCUT2D eigenvalue weighted by atomic mass is 10.2. The van der Waals surface area contributed by atoms with Gasteiger partial charge in [-0.2, -0.15) is 15.2 Å². The van der Waals surface area contributed by atoms with E-state index in [0.29, 0.717) is 6.26 Å². The van der Waals surface area contributed by atoms with Crippen LogP contribution in [0.4, 0.5) is 11.4 Å². The Morgan fingerprint density at radius 2 is 1.84 bits per heavy atom. The molecule has 0 saturated carbocycles.